The summed E-state index contributed by atoms with van der Waals surface area (Å²) in [6, 6.07) is 6.53. The van der Waals surface area contributed by atoms with E-state index in [-0.39, 0.29) is 0 Å². The molecular formula is C13H13ClN2S. The topological polar surface area (TPSA) is 16.1 Å². The van der Waals surface area contributed by atoms with E-state index in [0.29, 0.717) is 11.1 Å². The molecule has 0 N–H and O–H groups in total. The van der Waals surface area contributed by atoms with Gasteiger partial charge in [-0.3, -0.25) is 0 Å². The average Bonchev–Trinajstić information content (AvgIpc) is 2.80. The van der Waals surface area contributed by atoms with Crippen LogP contribution in [0.1, 0.15) is 23.4 Å². The molecule has 3 rings (SSSR count). The van der Waals surface area contributed by atoms with Crippen LogP contribution in [-0.2, 0) is 6.42 Å². The van der Waals surface area contributed by atoms with E-state index in [1.807, 2.05) is 23.5 Å². The first-order valence-corrected chi connectivity index (χ1v) is 6.96. The maximum absolute atomic E-state index is 5.87. The molecule has 0 radical (unpaired) electrons. The third kappa shape index (κ3) is 1.94. The van der Waals surface area contributed by atoms with Crippen LogP contribution in [0.3, 0.4) is 0 Å². The Balaban J connectivity index is 1.93. The second-order valence-corrected chi connectivity index (χ2v) is 5.69. The van der Waals surface area contributed by atoms with Gasteiger partial charge in [-0.1, -0.05) is 11.6 Å². The first kappa shape index (κ1) is 11.1. The number of hydrogen-bond acceptors (Lipinski definition) is 3. The van der Waals surface area contributed by atoms with E-state index in [2.05, 4.69) is 28.3 Å². The number of pyridine rings is 1. The van der Waals surface area contributed by atoms with Crippen molar-refractivity contribution in [1.82, 2.24) is 4.98 Å². The maximum Gasteiger partial charge on any atom is 0.129 e. The molecule has 1 aliphatic heterocycles. The molecule has 2 aromatic heterocycles. The zero-order chi connectivity index (χ0) is 11.8. The summed E-state index contributed by atoms with van der Waals surface area (Å²) in [5.41, 5.74) is 1.44. The van der Waals surface area contributed by atoms with Crippen LogP contribution in [0, 0.1) is 0 Å². The Morgan fingerprint density at radius 1 is 1.41 bits per heavy atom. The van der Waals surface area contributed by atoms with E-state index < -0.39 is 0 Å². The van der Waals surface area contributed by atoms with Gasteiger partial charge in [0.2, 0.25) is 0 Å². The summed E-state index contributed by atoms with van der Waals surface area (Å²) in [6.07, 6.45) is 2.83. The van der Waals surface area contributed by atoms with Gasteiger partial charge in [-0.15, -0.1) is 11.3 Å². The van der Waals surface area contributed by atoms with Crippen LogP contribution in [0.15, 0.2) is 29.8 Å². The summed E-state index contributed by atoms with van der Waals surface area (Å²) < 4.78 is 0. The molecule has 1 unspecified atom stereocenters. The maximum atomic E-state index is 5.87. The van der Waals surface area contributed by atoms with Crippen LogP contribution in [-0.4, -0.2) is 11.5 Å². The largest absolute Gasteiger partial charge is 0.349 e. The second-order valence-electron chi connectivity index (χ2n) is 4.25. The molecule has 88 valence electrons. The normalized spacial score (nSPS) is 19.2. The molecule has 2 aromatic rings. The monoisotopic (exact) mass is 264 g/mol. The zero-order valence-corrected chi connectivity index (χ0v) is 11.1. The molecule has 1 aliphatic rings. The second kappa shape index (κ2) is 4.31. The predicted octanol–water partition coefficient (Wildman–Crippen LogP) is 3.92. The molecule has 0 spiro atoms. The van der Waals surface area contributed by atoms with Crippen LogP contribution in [0.2, 0.25) is 5.02 Å². The fourth-order valence-electron chi connectivity index (χ4n) is 2.36. The number of aromatic nitrogens is 1. The molecule has 4 heteroatoms. The van der Waals surface area contributed by atoms with Gasteiger partial charge in [0.15, 0.2) is 0 Å². The smallest absolute Gasteiger partial charge is 0.129 e. The van der Waals surface area contributed by atoms with Crippen LogP contribution in [0.25, 0.3) is 0 Å². The van der Waals surface area contributed by atoms with Crippen molar-refractivity contribution in [3.05, 3.63) is 45.2 Å². The number of thiophene rings is 1. The predicted molar refractivity (Wildman–Crippen MR) is 73.0 cm³/mol. The lowest BCUT2D eigenvalue weighted by molar-refractivity contribution is 0.625. The van der Waals surface area contributed by atoms with Gasteiger partial charge in [0.1, 0.15) is 5.82 Å². The van der Waals surface area contributed by atoms with E-state index in [4.69, 9.17) is 11.6 Å². The highest BCUT2D eigenvalue weighted by atomic mass is 35.5. The molecule has 0 saturated carbocycles. The van der Waals surface area contributed by atoms with Gasteiger partial charge in [-0.2, -0.15) is 0 Å². The number of fused-ring (bicyclic) bond motifs is 1. The summed E-state index contributed by atoms with van der Waals surface area (Å²) in [5, 5.41) is 2.87. The van der Waals surface area contributed by atoms with Crippen molar-refractivity contribution < 1.29 is 0 Å². The van der Waals surface area contributed by atoms with E-state index in [1.54, 1.807) is 6.20 Å². The summed E-state index contributed by atoms with van der Waals surface area (Å²) in [5.74, 6) is 1.01. The average molecular weight is 265 g/mol. The first-order valence-electron chi connectivity index (χ1n) is 5.70. The number of nitrogens with zero attached hydrogens (tertiary/aromatic N) is 2. The Hall–Kier alpha value is -1.06. The van der Waals surface area contributed by atoms with Crippen LogP contribution in [0.4, 0.5) is 5.82 Å². The van der Waals surface area contributed by atoms with Gasteiger partial charge >= 0.3 is 0 Å². The fraction of sp³-hybridized carbons (Fsp3) is 0.308. The minimum absolute atomic E-state index is 0.402. The van der Waals surface area contributed by atoms with Crippen LogP contribution >= 0.6 is 22.9 Å². The Labute approximate surface area is 110 Å². The Morgan fingerprint density at radius 2 is 2.29 bits per heavy atom. The van der Waals surface area contributed by atoms with Gasteiger partial charge in [-0.25, -0.2) is 4.98 Å². The van der Waals surface area contributed by atoms with E-state index >= 15 is 0 Å². The number of anilines is 1. The van der Waals surface area contributed by atoms with Gasteiger partial charge < -0.3 is 4.90 Å². The molecule has 0 saturated heterocycles. The molecule has 0 aromatic carbocycles. The summed E-state index contributed by atoms with van der Waals surface area (Å²) in [6.45, 7) is 3.27. The minimum atomic E-state index is 0.402. The van der Waals surface area contributed by atoms with Crippen molar-refractivity contribution in [2.24, 2.45) is 0 Å². The Morgan fingerprint density at radius 3 is 3.06 bits per heavy atom. The van der Waals surface area contributed by atoms with Crippen LogP contribution < -0.4 is 4.90 Å². The first-order chi connectivity index (χ1) is 8.25. The lowest BCUT2D eigenvalue weighted by atomic mass is 10.0. The lowest BCUT2D eigenvalue weighted by Gasteiger charge is -2.34. The van der Waals surface area contributed by atoms with E-state index in [9.17, 15) is 0 Å². The van der Waals surface area contributed by atoms with Gasteiger partial charge in [0.05, 0.1) is 11.1 Å². The van der Waals surface area contributed by atoms with Gasteiger partial charge in [-0.05, 0) is 42.5 Å². The van der Waals surface area contributed by atoms with Crippen LogP contribution in [0.5, 0.6) is 0 Å². The molecule has 0 amide bonds. The van der Waals surface area contributed by atoms with E-state index in [1.165, 1.54) is 10.4 Å². The fourth-order valence-corrected chi connectivity index (χ4v) is 3.43. The molecule has 0 aliphatic carbocycles. The molecule has 0 fully saturated rings. The molecule has 3 heterocycles. The third-order valence-electron chi connectivity index (χ3n) is 3.28. The zero-order valence-electron chi connectivity index (χ0n) is 9.56. The highest BCUT2D eigenvalue weighted by Crippen LogP contribution is 2.35. The van der Waals surface area contributed by atoms with Crippen molar-refractivity contribution in [2.75, 3.05) is 11.4 Å². The molecule has 0 bridgehead atoms. The summed E-state index contributed by atoms with van der Waals surface area (Å²) >= 11 is 7.73. The summed E-state index contributed by atoms with van der Waals surface area (Å²) in [4.78, 5) is 8.26. The number of rotatable bonds is 1. The summed E-state index contributed by atoms with van der Waals surface area (Å²) in [7, 11) is 0. The Kier molecular flexibility index (Phi) is 2.81. The molecule has 17 heavy (non-hydrogen) atoms. The quantitative estimate of drug-likeness (QED) is 0.776. The van der Waals surface area contributed by atoms with Gasteiger partial charge in [0.25, 0.3) is 0 Å². The standard InChI is InChI=1S/C13H13ClN2S/c1-9-11-5-7-17-12(11)4-6-16(9)13-3-2-10(14)8-15-13/h2-3,5,7-9H,4,6H2,1H3. The van der Waals surface area contributed by atoms with Crippen molar-refractivity contribution >= 4 is 28.8 Å². The minimum Gasteiger partial charge on any atom is -0.349 e. The molecule has 1 atom stereocenters. The van der Waals surface area contributed by atoms with Crippen molar-refractivity contribution in [1.29, 1.82) is 0 Å². The number of hydrogen-bond donors (Lipinski definition) is 0. The lowest BCUT2D eigenvalue weighted by Crippen LogP contribution is -2.33. The Bertz CT molecular complexity index is 520. The molecular weight excluding hydrogens is 252 g/mol. The van der Waals surface area contributed by atoms with Crippen molar-refractivity contribution in [2.45, 2.75) is 19.4 Å². The highest BCUT2D eigenvalue weighted by molar-refractivity contribution is 7.10. The molecule has 2 nitrogen and oxygen atoms in total. The van der Waals surface area contributed by atoms with E-state index in [0.717, 1.165) is 18.8 Å². The number of halogens is 1. The SMILES string of the molecule is CC1c2ccsc2CCN1c1ccc(Cl)cn1. The third-order valence-corrected chi connectivity index (χ3v) is 4.50. The van der Waals surface area contributed by atoms with Crippen molar-refractivity contribution in [3.63, 3.8) is 0 Å². The van der Waals surface area contributed by atoms with Gasteiger partial charge in [0, 0.05) is 17.6 Å². The highest BCUT2D eigenvalue weighted by Gasteiger charge is 2.25. The van der Waals surface area contributed by atoms with Crippen molar-refractivity contribution in [3.8, 4) is 0 Å².